The van der Waals surface area contributed by atoms with Crippen molar-refractivity contribution in [3.8, 4) is 17.2 Å². The number of nitrogens with zero attached hydrogens (tertiary/aromatic N) is 2. The van der Waals surface area contributed by atoms with Gasteiger partial charge in [-0.2, -0.15) is 0 Å². The molecule has 0 bridgehead atoms. The average Bonchev–Trinajstić information content (AvgIpc) is 3.52. The maximum Gasteiger partial charge on any atom is 0.251 e. The molecular formula is C23H17N3O3. The van der Waals surface area contributed by atoms with Crippen LogP contribution in [0, 0.1) is 0 Å². The van der Waals surface area contributed by atoms with E-state index in [1.807, 2.05) is 71.6 Å². The van der Waals surface area contributed by atoms with Gasteiger partial charge >= 0.3 is 0 Å². The molecule has 142 valence electrons. The summed E-state index contributed by atoms with van der Waals surface area (Å²) in [6, 6.07) is 22.7. The van der Waals surface area contributed by atoms with Crippen LogP contribution in [0.5, 0.6) is 0 Å². The van der Waals surface area contributed by atoms with Gasteiger partial charge in [0.1, 0.15) is 11.3 Å². The molecule has 0 saturated heterocycles. The third-order valence-electron chi connectivity index (χ3n) is 4.69. The van der Waals surface area contributed by atoms with Gasteiger partial charge in [-0.3, -0.25) is 4.79 Å². The second-order valence-electron chi connectivity index (χ2n) is 6.65. The Morgan fingerprint density at radius 1 is 0.931 bits per heavy atom. The number of fused-ring (bicyclic) bond motifs is 1. The largest absolute Gasteiger partial charge is 0.453 e. The minimum atomic E-state index is -0.169. The summed E-state index contributed by atoms with van der Waals surface area (Å²) in [5, 5.41) is 7.88. The van der Waals surface area contributed by atoms with E-state index in [1.165, 1.54) is 0 Å². The first-order valence-electron chi connectivity index (χ1n) is 9.22. The van der Waals surface area contributed by atoms with Crippen LogP contribution < -0.4 is 5.32 Å². The van der Waals surface area contributed by atoms with Crippen LogP contribution in [0.1, 0.15) is 16.1 Å². The number of carbonyl (C=O) groups excluding carboxylic acids is 1. The second kappa shape index (κ2) is 7.16. The number of aromatic nitrogens is 2. The maximum absolute atomic E-state index is 12.4. The van der Waals surface area contributed by atoms with Crippen molar-refractivity contribution in [2.24, 2.45) is 0 Å². The van der Waals surface area contributed by atoms with E-state index in [1.54, 1.807) is 18.2 Å². The fourth-order valence-electron chi connectivity index (χ4n) is 3.18. The zero-order valence-electron chi connectivity index (χ0n) is 15.4. The van der Waals surface area contributed by atoms with E-state index in [4.69, 9.17) is 8.94 Å². The Hall–Kier alpha value is -4.06. The second-order valence-corrected chi connectivity index (χ2v) is 6.65. The van der Waals surface area contributed by atoms with E-state index < -0.39 is 0 Å². The van der Waals surface area contributed by atoms with Crippen molar-refractivity contribution >= 4 is 16.9 Å². The van der Waals surface area contributed by atoms with Crippen LogP contribution in [0.4, 0.5) is 0 Å². The first kappa shape index (κ1) is 17.1. The first-order chi connectivity index (χ1) is 14.3. The number of rotatable bonds is 5. The summed E-state index contributed by atoms with van der Waals surface area (Å²) < 4.78 is 13.1. The summed E-state index contributed by atoms with van der Waals surface area (Å²) in [7, 11) is 0. The number of benzene rings is 2. The standard InChI is InChI=1S/C23H17N3O3/c27-23(16-7-9-19(10-8-16)26-11-3-4-12-26)24-15-18-14-22(29-25-18)21-13-17-5-1-2-6-20(17)28-21/h1-14H,15H2,(H,24,27). The summed E-state index contributed by atoms with van der Waals surface area (Å²) >= 11 is 0. The lowest BCUT2D eigenvalue weighted by atomic mass is 10.2. The maximum atomic E-state index is 12.4. The molecule has 1 N–H and O–H groups in total. The average molecular weight is 383 g/mol. The molecule has 0 radical (unpaired) electrons. The minimum Gasteiger partial charge on any atom is -0.453 e. The number of furan rings is 1. The molecule has 0 aliphatic rings. The Labute approximate surface area is 166 Å². The Balaban J connectivity index is 1.25. The topological polar surface area (TPSA) is 73.2 Å². The predicted octanol–water partition coefficient (Wildman–Crippen LogP) is 4.81. The lowest BCUT2D eigenvalue weighted by Gasteiger charge is -2.06. The van der Waals surface area contributed by atoms with Gasteiger partial charge in [-0.05, 0) is 48.5 Å². The van der Waals surface area contributed by atoms with Gasteiger partial charge in [0, 0.05) is 35.1 Å². The Morgan fingerprint density at radius 3 is 2.52 bits per heavy atom. The van der Waals surface area contributed by atoms with Gasteiger partial charge in [0.15, 0.2) is 5.76 Å². The molecule has 3 aromatic heterocycles. The fourth-order valence-corrected chi connectivity index (χ4v) is 3.18. The van der Waals surface area contributed by atoms with E-state index in [-0.39, 0.29) is 12.5 Å². The molecule has 0 aliphatic carbocycles. The molecule has 5 aromatic rings. The van der Waals surface area contributed by atoms with Crippen LogP contribution in [-0.4, -0.2) is 15.6 Å². The molecule has 5 rings (SSSR count). The van der Waals surface area contributed by atoms with Crippen molar-refractivity contribution in [2.75, 3.05) is 0 Å². The lowest BCUT2D eigenvalue weighted by molar-refractivity contribution is 0.0950. The number of carbonyl (C=O) groups is 1. The number of para-hydroxylation sites is 1. The van der Waals surface area contributed by atoms with Gasteiger partial charge in [-0.15, -0.1) is 0 Å². The highest BCUT2D eigenvalue weighted by Crippen LogP contribution is 2.28. The smallest absolute Gasteiger partial charge is 0.251 e. The van der Waals surface area contributed by atoms with E-state index in [9.17, 15) is 4.79 Å². The van der Waals surface area contributed by atoms with E-state index in [0.29, 0.717) is 22.8 Å². The molecule has 3 heterocycles. The summed E-state index contributed by atoms with van der Waals surface area (Å²) in [6.07, 6.45) is 3.92. The Bertz CT molecular complexity index is 1230. The summed E-state index contributed by atoms with van der Waals surface area (Å²) in [5.41, 5.74) is 3.00. The number of nitrogens with one attached hydrogen (secondary N) is 1. The van der Waals surface area contributed by atoms with Crippen molar-refractivity contribution in [2.45, 2.75) is 6.54 Å². The van der Waals surface area contributed by atoms with Crippen molar-refractivity contribution in [3.05, 3.63) is 96.4 Å². The minimum absolute atomic E-state index is 0.169. The molecule has 0 saturated carbocycles. The van der Waals surface area contributed by atoms with Crippen LogP contribution in [0.15, 0.2) is 94.1 Å². The van der Waals surface area contributed by atoms with Gasteiger partial charge in [0.2, 0.25) is 5.76 Å². The molecule has 0 fully saturated rings. The van der Waals surface area contributed by atoms with Crippen molar-refractivity contribution in [1.29, 1.82) is 0 Å². The molecule has 6 heteroatoms. The quantitative estimate of drug-likeness (QED) is 0.473. The van der Waals surface area contributed by atoms with Crippen LogP contribution in [0.3, 0.4) is 0 Å². The Kier molecular flexibility index (Phi) is 4.22. The highest BCUT2D eigenvalue weighted by molar-refractivity contribution is 5.94. The molecule has 0 spiro atoms. The van der Waals surface area contributed by atoms with Crippen LogP contribution in [0.25, 0.3) is 28.2 Å². The Morgan fingerprint density at radius 2 is 1.72 bits per heavy atom. The molecule has 1 amide bonds. The zero-order chi connectivity index (χ0) is 19.6. The number of amides is 1. The van der Waals surface area contributed by atoms with Gasteiger partial charge in [-0.25, -0.2) is 0 Å². The third-order valence-corrected chi connectivity index (χ3v) is 4.69. The van der Waals surface area contributed by atoms with Crippen molar-refractivity contribution < 1.29 is 13.7 Å². The summed E-state index contributed by atoms with van der Waals surface area (Å²) in [4.78, 5) is 12.4. The van der Waals surface area contributed by atoms with Crippen molar-refractivity contribution in [3.63, 3.8) is 0 Å². The number of hydrogen-bond donors (Lipinski definition) is 1. The molecule has 0 aliphatic heterocycles. The van der Waals surface area contributed by atoms with Crippen molar-refractivity contribution in [1.82, 2.24) is 15.0 Å². The fraction of sp³-hybridized carbons (Fsp3) is 0.0435. The van der Waals surface area contributed by atoms with Gasteiger partial charge in [-0.1, -0.05) is 23.4 Å². The molecule has 0 unspecified atom stereocenters. The van der Waals surface area contributed by atoms with Crippen LogP contribution in [-0.2, 0) is 6.54 Å². The number of hydrogen-bond acceptors (Lipinski definition) is 4. The van der Waals surface area contributed by atoms with Crippen LogP contribution in [0.2, 0.25) is 0 Å². The van der Waals surface area contributed by atoms with Gasteiger partial charge in [0.05, 0.1) is 6.54 Å². The molecule has 29 heavy (non-hydrogen) atoms. The monoisotopic (exact) mass is 383 g/mol. The van der Waals surface area contributed by atoms with E-state index in [0.717, 1.165) is 16.7 Å². The van der Waals surface area contributed by atoms with E-state index >= 15 is 0 Å². The molecule has 6 nitrogen and oxygen atoms in total. The zero-order valence-corrected chi connectivity index (χ0v) is 15.4. The molecular weight excluding hydrogens is 366 g/mol. The third kappa shape index (κ3) is 3.43. The predicted molar refractivity (Wildman–Crippen MR) is 109 cm³/mol. The highest BCUT2D eigenvalue weighted by Gasteiger charge is 2.13. The summed E-state index contributed by atoms with van der Waals surface area (Å²) in [5.74, 6) is 0.968. The SMILES string of the molecule is O=C(NCc1cc(-c2cc3ccccc3o2)on1)c1ccc(-n2cccc2)cc1. The molecule has 0 atom stereocenters. The highest BCUT2D eigenvalue weighted by atomic mass is 16.5. The first-order valence-corrected chi connectivity index (χ1v) is 9.22. The van der Waals surface area contributed by atoms with Gasteiger partial charge < -0.3 is 18.8 Å². The summed E-state index contributed by atoms with van der Waals surface area (Å²) in [6.45, 7) is 0.266. The van der Waals surface area contributed by atoms with Gasteiger partial charge in [0.25, 0.3) is 5.91 Å². The molecule has 2 aromatic carbocycles. The lowest BCUT2D eigenvalue weighted by Crippen LogP contribution is -2.22. The normalized spacial score (nSPS) is 11.0. The van der Waals surface area contributed by atoms with Crippen LogP contribution >= 0.6 is 0 Å². The van der Waals surface area contributed by atoms with E-state index in [2.05, 4.69) is 10.5 Å².